The van der Waals surface area contributed by atoms with E-state index in [9.17, 15) is 4.79 Å². The molecule has 0 unspecified atom stereocenters. The zero-order valence-electron chi connectivity index (χ0n) is 10.4. The van der Waals surface area contributed by atoms with Crippen molar-refractivity contribution >= 4 is 22.5 Å². The van der Waals surface area contributed by atoms with Crippen LogP contribution in [-0.4, -0.2) is 4.98 Å². The van der Waals surface area contributed by atoms with Crippen LogP contribution in [0.25, 0.3) is 22.2 Å². The first-order chi connectivity index (χ1) is 9.16. The summed E-state index contributed by atoms with van der Waals surface area (Å²) in [6.07, 6.45) is 0. The number of halogens is 1. The molecule has 19 heavy (non-hydrogen) atoms. The van der Waals surface area contributed by atoms with Gasteiger partial charge >= 0.3 is 0 Å². The third-order valence-electron chi connectivity index (χ3n) is 3.19. The molecule has 0 radical (unpaired) electrons. The number of pyridine rings is 1. The fourth-order valence-electron chi connectivity index (χ4n) is 2.13. The Hall–Kier alpha value is -2.06. The molecule has 1 aromatic heterocycles. The highest BCUT2D eigenvalue weighted by molar-refractivity contribution is 6.33. The molecule has 2 aromatic carbocycles. The summed E-state index contributed by atoms with van der Waals surface area (Å²) in [7, 11) is 0. The molecule has 3 rings (SSSR count). The number of nitrogens with one attached hydrogen (secondary N) is 1. The maximum absolute atomic E-state index is 12.2. The van der Waals surface area contributed by atoms with E-state index in [0.717, 1.165) is 11.1 Å². The Morgan fingerprint density at radius 2 is 1.68 bits per heavy atom. The molecule has 0 aliphatic rings. The Labute approximate surface area is 115 Å². The average molecular weight is 270 g/mol. The van der Waals surface area contributed by atoms with E-state index in [1.165, 1.54) is 5.56 Å². The smallest absolute Gasteiger partial charge is 0.208 e. The molecule has 0 aliphatic carbocycles. The number of fused-ring (bicyclic) bond motifs is 1. The van der Waals surface area contributed by atoms with E-state index in [1.807, 2.05) is 49.4 Å². The number of aromatic amines is 1. The molecule has 94 valence electrons. The van der Waals surface area contributed by atoms with Crippen molar-refractivity contribution in [3.05, 3.63) is 69.3 Å². The average Bonchev–Trinajstić information content (AvgIpc) is 2.44. The molecule has 0 saturated carbocycles. The van der Waals surface area contributed by atoms with Crippen LogP contribution in [0, 0.1) is 6.92 Å². The number of aryl methyl sites for hydroxylation is 1. The second kappa shape index (κ2) is 4.56. The summed E-state index contributed by atoms with van der Waals surface area (Å²) in [5, 5.41) is 0.853. The topological polar surface area (TPSA) is 32.9 Å². The molecular weight excluding hydrogens is 258 g/mol. The van der Waals surface area contributed by atoms with Crippen LogP contribution in [0.5, 0.6) is 0 Å². The van der Waals surface area contributed by atoms with Crippen LogP contribution in [0.4, 0.5) is 0 Å². The van der Waals surface area contributed by atoms with Gasteiger partial charge in [-0.15, -0.1) is 0 Å². The molecule has 0 aliphatic heterocycles. The van der Waals surface area contributed by atoms with Crippen LogP contribution in [-0.2, 0) is 0 Å². The zero-order chi connectivity index (χ0) is 13.4. The molecule has 0 saturated heterocycles. The van der Waals surface area contributed by atoms with E-state index in [2.05, 4.69) is 4.98 Å². The first-order valence-electron chi connectivity index (χ1n) is 6.04. The molecule has 1 N–H and O–H groups in total. The fourth-order valence-corrected chi connectivity index (χ4v) is 2.39. The van der Waals surface area contributed by atoms with E-state index in [-0.39, 0.29) is 10.5 Å². The molecule has 1 heterocycles. The monoisotopic (exact) mass is 269 g/mol. The number of hydrogen-bond donors (Lipinski definition) is 1. The van der Waals surface area contributed by atoms with Crippen molar-refractivity contribution in [2.24, 2.45) is 0 Å². The second-order valence-electron chi connectivity index (χ2n) is 4.55. The highest BCUT2D eigenvalue weighted by Gasteiger charge is 2.11. The highest BCUT2D eigenvalue weighted by atomic mass is 35.5. The quantitative estimate of drug-likeness (QED) is 0.707. The third kappa shape index (κ3) is 2.04. The lowest BCUT2D eigenvalue weighted by Gasteiger charge is -2.07. The molecule has 0 fully saturated rings. The lowest BCUT2D eigenvalue weighted by molar-refractivity contribution is 1.37. The van der Waals surface area contributed by atoms with Crippen LogP contribution in [0.15, 0.2) is 53.3 Å². The van der Waals surface area contributed by atoms with Gasteiger partial charge in [-0.3, -0.25) is 4.79 Å². The van der Waals surface area contributed by atoms with E-state index in [0.29, 0.717) is 11.1 Å². The Bertz CT molecular complexity index is 803. The van der Waals surface area contributed by atoms with E-state index in [1.54, 1.807) is 6.07 Å². The largest absolute Gasteiger partial charge is 0.353 e. The zero-order valence-corrected chi connectivity index (χ0v) is 11.2. The Morgan fingerprint density at radius 3 is 2.42 bits per heavy atom. The van der Waals surface area contributed by atoms with Gasteiger partial charge in [0, 0.05) is 10.9 Å². The van der Waals surface area contributed by atoms with E-state index < -0.39 is 0 Å². The second-order valence-corrected chi connectivity index (χ2v) is 4.93. The molecule has 0 amide bonds. The van der Waals surface area contributed by atoms with Gasteiger partial charge in [-0.2, -0.15) is 0 Å². The maximum Gasteiger partial charge on any atom is 0.208 e. The van der Waals surface area contributed by atoms with Gasteiger partial charge in [0.05, 0.1) is 5.69 Å². The Morgan fingerprint density at radius 1 is 1.00 bits per heavy atom. The number of benzene rings is 2. The minimum absolute atomic E-state index is 0.133. The van der Waals surface area contributed by atoms with Crippen molar-refractivity contribution in [3.63, 3.8) is 0 Å². The summed E-state index contributed by atoms with van der Waals surface area (Å²) >= 11 is 6.20. The molecular formula is C16H12ClNO. The molecule has 3 heteroatoms. The predicted molar refractivity (Wildman–Crippen MR) is 79.8 cm³/mol. The van der Waals surface area contributed by atoms with Gasteiger partial charge in [0.1, 0.15) is 5.02 Å². The third-order valence-corrected chi connectivity index (χ3v) is 3.55. The van der Waals surface area contributed by atoms with Crippen molar-refractivity contribution < 1.29 is 0 Å². The van der Waals surface area contributed by atoms with Gasteiger partial charge in [-0.1, -0.05) is 53.6 Å². The van der Waals surface area contributed by atoms with Gasteiger partial charge in [-0.25, -0.2) is 0 Å². The van der Waals surface area contributed by atoms with Gasteiger partial charge in [0.2, 0.25) is 5.43 Å². The number of H-pyrrole nitrogens is 1. The maximum atomic E-state index is 12.2. The number of rotatable bonds is 1. The van der Waals surface area contributed by atoms with Crippen LogP contribution >= 0.6 is 11.6 Å². The number of para-hydroxylation sites is 1. The summed E-state index contributed by atoms with van der Waals surface area (Å²) in [4.78, 5) is 15.5. The summed E-state index contributed by atoms with van der Waals surface area (Å²) < 4.78 is 0. The molecule has 2 nitrogen and oxygen atoms in total. The number of hydrogen-bond acceptors (Lipinski definition) is 1. The van der Waals surface area contributed by atoms with Crippen LogP contribution in [0.1, 0.15) is 5.56 Å². The SMILES string of the molecule is Cc1ccc(-c2[nH]c3ccccc3c(=O)c2Cl)cc1. The molecule has 0 atom stereocenters. The van der Waals surface area contributed by atoms with Crippen molar-refractivity contribution in [1.82, 2.24) is 4.98 Å². The molecule has 0 spiro atoms. The summed E-state index contributed by atoms with van der Waals surface area (Å²) in [5.74, 6) is 0. The lowest BCUT2D eigenvalue weighted by atomic mass is 10.1. The minimum Gasteiger partial charge on any atom is -0.353 e. The van der Waals surface area contributed by atoms with E-state index in [4.69, 9.17) is 11.6 Å². The fraction of sp³-hybridized carbons (Fsp3) is 0.0625. The molecule has 3 aromatic rings. The minimum atomic E-state index is -0.133. The van der Waals surface area contributed by atoms with Crippen LogP contribution in [0.3, 0.4) is 0 Å². The summed E-state index contributed by atoms with van der Waals surface area (Å²) in [6, 6.07) is 15.3. The van der Waals surface area contributed by atoms with Crippen molar-refractivity contribution in [1.29, 1.82) is 0 Å². The first kappa shape index (κ1) is 12.0. The Balaban J connectivity index is 2.33. The molecule has 0 bridgehead atoms. The van der Waals surface area contributed by atoms with E-state index >= 15 is 0 Å². The normalized spacial score (nSPS) is 10.8. The Kier molecular flexibility index (Phi) is 2.88. The van der Waals surface area contributed by atoms with Gasteiger partial charge in [-0.05, 0) is 24.6 Å². The van der Waals surface area contributed by atoms with Gasteiger partial charge < -0.3 is 4.98 Å². The van der Waals surface area contributed by atoms with Gasteiger partial charge in [0.15, 0.2) is 0 Å². The van der Waals surface area contributed by atoms with Gasteiger partial charge in [0.25, 0.3) is 0 Å². The standard InChI is InChI=1S/C16H12ClNO/c1-10-6-8-11(9-7-10)15-14(17)16(19)12-4-2-3-5-13(12)18-15/h2-9H,1H3,(H,18,19). The first-order valence-corrected chi connectivity index (χ1v) is 6.42. The van der Waals surface area contributed by atoms with Crippen molar-refractivity contribution in [3.8, 4) is 11.3 Å². The summed E-state index contributed by atoms with van der Waals surface area (Å²) in [5.41, 5.74) is 3.42. The van der Waals surface area contributed by atoms with Crippen molar-refractivity contribution in [2.45, 2.75) is 6.92 Å². The van der Waals surface area contributed by atoms with Crippen LogP contribution < -0.4 is 5.43 Å². The lowest BCUT2D eigenvalue weighted by Crippen LogP contribution is -2.05. The van der Waals surface area contributed by atoms with Crippen molar-refractivity contribution in [2.75, 3.05) is 0 Å². The predicted octanol–water partition coefficient (Wildman–Crippen LogP) is 4.16. The van der Waals surface area contributed by atoms with Crippen LogP contribution in [0.2, 0.25) is 5.02 Å². The summed E-state index contributed by atoms with van der Waals surface area (Å²) in [6.45, 7) is 2.02. The number of aromatic nitrogens is 1. The highest BCUT2D eigenvalue weighted by Crippen LogP contribution is 2.25.